The zero-order chi connectivity index (χ0) is 7.82. The van der Waals surface area contributed by atoms with Crippen LogP contribution in [0.4, 0.5) is 0 Å². The largest absolute Gasteiger partial charge is 0.287 e. The Bertz CT molecular complexity index is 81.3. The highest BCUT2D eigenvalue weighted by Crippen LogP contribution is 2.09. The van der Waals surface area contributed by atoms with Crippen molar-refractivity contribution in [3.63, 3.8) is 0 Å². The first-order chi connectivity index (χ1) is 4.81. The van der Waals surface area contributed by atoms with Crippen molar-refractivity contribution in [2.75, 3.05) is 5.75 Å². The predicted molar refractivity (Wildman–Crippen MR) is 47.3 cm³/mol. The van der Waals surface area contributed by atoms with Crippen LogP contribution in [0.5, 0.6) is 0 Å². The van der Waals surface area contributed by atoms with Gasteiger partial charge >= 0.3 is 0 Å². The third-order valence-electron chi connectivity index (χ3n) is 1.20. The molecule has 0 atom stereocenters. The number of hydrogen-bond acceptors (Lipinski definition) is 2. The number of unbranched alkanes of at least 4 members (excludes halogenated alkanes) is 1. The summed E-state index contributed by atoms with van der Waals surface area (Å²) in [6, 6.07) is 0. The molecule has 0 aliphatic carbocycles. The molecule has 0 amide bonds. The smallest absolute Gasteiger partial charge is 0.188 e. The lowest BCUT2D eigenvalue weighted by Gasteiger charge is -1.95. The van der Waals surface area contributed by atoms with Crippen molar-refractivity contribution in [3.8, 4) is 0 Å². The monoisotopic (exact) mass is 160 g/mol. The van der Waals surface area contributed by atoms with Crippen molar-refractivity contribution >= 4 is 16.9 Å². The highest BCUT2D eigenvalue weighted by molar-refractivity contribution is 8.13. The first-order valence-electron chi connectivity index (χ1n) is 3.96. The maximum absolute atomic E-state index is 10.9. The van der Waals surface area contributed by atoms with Gasteiger partial charge in [0.05, 0.1) is 0 Å². The number of carbonyl (C=O) groups is 1. The molecule has 0 aromatic heterocycles. The normalized spacial score (nSPS) is 9.80. The zero-order valence-electron chi connectivity index (χ0n) is 6.85. The van der Waals surface area contributed by atoms with E-state index in [-0.39, 0.29) is 0 Å². The molecule has 0 aliphatic rings. The molecule has 0 unspecified atom stereocenters. The van der Waals surface area contributed by atoms with Crippen molar-refractivity contribution in [2.45, 2.75) is 39.5 Å². The summed E-state index contributed by atoms with van der Waals surface area (Å²) >= 11 is 1.48. The Kier molecular flexibility index (Phi) is 7.15. The fourth-order valence-electron chi connectivity index (χ4n) is 0.609. The molecule has 0 saturated carbocycles. The highest BCUT2D eigenvalue weighted by atomic mass is 32.2. The molecule has 0 aliphatic heterocycles. The minimum absolute atomic E-state index is 0.365. The average Bonchev–Trinajstić information content (AvgIpc) is 1.97. The van der Waals surface area contributed by atoms with Gasteiger partial charge in [0.2, 0.25) is 0 Å². The van der Waals surface area contributed by atoms with Crippen molar-refractivity contribution in [1.82, 2.24) is 0 Å². The predicted octanol–water partition coefficient (Wildman–Crippen LogP) is 2.85. The standard InChI is InChI=1S/C8H16OS/c1-3-5-6-8(9)10-7-4-2/h3-7H2,1-2H3. The van der Waals surface area contributed by atoms with Gasteiger partial charge in [0.15, 0.2) is 5.12 Å². The van der Waals surface area contributed by atoms with Gasteiger partial charge in [-0.1, -0.05) is 32.0 Å². The van der Waals surface area contributed by atoms with Gasteiger partial charge in [0.25, 0.3) is 0 Å². The Morgan fingerprint density at radius 2 is 2.00 bits per heavy atom. The SMILES string of the molecule is CCCCC(=O)SCCC. The van der Waals surface area contributed by atoms with Gasteiger partial charge in [-0.3, -0.25) is 4.79 Å². The maximum atomic E-state index is 10.9. The van der Waals surface area contributed by atoms with E-state index in [0.717, 1.165) is 31.4 Å². The molecule has 0 aromatic rings. The fourth-order valence-corrected chi connectivity index (χ4v) is 1.33. The Morgan fingerprint density at radius 3 is 2.50 bits per heavy atom. The molecule has 0 rings (SSSR count). The lowest BCUT2D eigenvalue weighted by Crippen LogP contribution is -1.91. The van der Waals surface area contributed by atoms with Crippen LogP contribution in [-0.4, -0.2) is 10.9 Å². The quantitative estimate of drug-likeness (QED) is 0.615. The maximum Gasteiger partial charge on any atom is 0.188 e. The van der Waals surface area contributed by atoms with Gasteiger partial charge in [-0.2, -0.15) is 0 Å². The minimum Gasteiger partial charge on any atom is -0.287 e. The number of rotatable bonds is 5. The van der Waals surface area contributed by atoms with Gasteiger partial charge < -0.3 is 0 Å². The third-order valence-corrected chi connectivity index (χ3v) is 2.34. The van der Waals surface area contributed by atoms with E-state index < -0.39 is 0 Å². The van der Waals surface area contributed by atoms with E-state index in [0.29, 0.717) is 5.12 Å². The second-order valence-electron chi connectivity index (χ2n) is 2.32. The molecule has 0 heterocycles. The van der Waals surface area contributed by atoms with E-state index >= 15 is 0 Å². The van der Waals surface area contributed by atoms with Crippen LogP contribution in [0, 0.1) is 0 Å². The molecule has 0 saturated heterocycles. The van der Waals surface area contributed by atoms with E-state index in [1.54, 1.807) is 0 Å². The Morgan fingerprint density at radius 1 is 1.30 bits per heavy atom. The molecule has 0 radical (unpaired) electrons. The van der Waals surface area contributed by atoms with Gasteiger partial charge in [0, 0.05) is 12.2 Å². The second kappa shape index (κ2) is 7.13. The number of carbonyl (C=O) groups excluding carboxylic acids is 1. The van der Waals surface area contributed by atoms with Crippen molar-refractivity contribution in [2.24, 2.45) is 0 Å². The molecular weight excluding hydrogens is 144 g/mol. The van der Waals surface area contributed by atoms with Gasteiger partial charge in [-0.15, -0.1) is 0 Å². The van der Waals surface area contributed by atoms with E-state index in [2.05, 4.69) is 13.8 Å². The van der Waals surface area contributed by atoms with E-state index in [1.807, 2.05) is 0 Å². The van der Waals surface area contributed by atoms with Crippen molar-refractivity contribution in [1.29, 1.82) is 0 Å². The summed E-state index contributed by atoms with van der Waals surface area (Å²) in [7, 11) is 0. The Balaban J connectivity index is 3.09. The molecule has 0 N–H and O–H groups in total. The van der Waals surface area contributed by atoms with Crippen LogP contribution < -0.4 is 0 Å². The summed E-state index contributed by atoms with van der Waals surface area (Å²) < 4.78 is 0. The summed E-state index contributed by atoms with van der Waals surface area (Å²) in [4.78, 5) is 10.9. The first-order valence-corrected chi connectivity index (χ1v) is 4.95. The minimum atomic E-state index is 0.365. The van der Waals surface area contributed by atoms with Crippen molar-refractivity contribution < 1.29 is 4.79 Å². The summed E-state index contributed by atoms with van der Waals surface area (Å²) in [6.45, 7) is 4.21. The number of thioether (sulfide) groups is 1. The molecule has 2 heteroatoms. The molecule has 0 spiro atoms. The van der Waals surface area contributed by atoms with Crippen molar-refractivity contribution in [3.05, 3.63) is 0 Å². The summed E-state index contributed by atoms with van der Waals surface area (Å²) in [6.07, 6.45) is 4.04. The van der Waals surface area contributed by atoms with Crippen LogP contribution in [0.3, 0.4) is 0 Å². The molecular formula is C8H16OS. The van der Waals surface area contributed by atoms with Crippen LogP contribution in [-0.2, 0) is 4.79 Å². The fraction of sp³-hybridized carbons (Fsp3) is 0.875. The van der Waals surface area contributed by atoms with Crippen LogP contribution in [0.1, 0.15) is 39.5 Å². The van der Waals surface area contributed by atoms with Gasteiger partial charge in [0.1, 0.15) is 0 Å². The lowest BCUT2D eigenvalue weighted by atomic mass is 10.3. The summed E-state index contributed by atoms with van der Waals surface area (Å²) in [5, 5.41) is 0.365. The molecule has 0 aromatic carbocycles. The summed E-state index contributed by atoms with van der Waals surface area (Å²) in [5.41, 5.74) is 0. The molecule has 60 valence electrons. The topological polar surface area (TPSA) is 17.1 Å². The van der Waals surface area contributed by atoms with E-state index in [4.69, 9.17) is 0 Å². The molecule has 0 bridgehead atoms. The molecule has 10 heavy (non-hydrogen) atoms. The first kappa shape index (κ1) is 10.0. The van der Waals surface area contributed by atoms with E-state index in [9.17, 15) is 4.79 Å². The Hall–Kier alpha value is 0.0200. The second-order valence-corrected chi connectivity index (χ2v) is 3.48. The van der Waals surface area contributed by atoms with Gasteiger partial charge in [-0.05, 0) is 12.8 Å². The molecule has 0 fully saturated rings. The lowest BCUT2D eigenvalue weighted by molar-refractivity contribution is -0.111. The van der Waals surface area contributed by atoms with Crippen LogP contribution in [0.25, 0.3) is 0 Å². The zero-order valence-corrected chi connectivity index (χ0v) is 7.67. The van der Waals surface area contributed by atoms with Crippen LogP contribution in [0.15, 0.2) is 0 Å². The highest BCUT2D eigenvalue weighted by Gasteiger charge is 1.98. The van der Waals surface area contributed by atoms with Crippen LogP contribution in [0.2, 0.25) is 0 Å². The third kappa shape index (κ3) is 6.14. The number of hydrogen-bond donors (Lipinski definition) is 0. The molecule has 1 nitrogen and oxygen atoms in total. The average molecular weight is 160 g/mol. The van der Waals surface area contributed by atoms with Crippen LogP contribution >= 0.6 is 11.8 Å². The summed E-state index contributed by atoms with van der Waals surface area (Å²) in [5.74, 6) is 0.989. The Labute approximate surface area is 67.6 Å². The van der Waals surface area contributed by atoms with Gasteiger partial charge in [-0.25, -0.2) is 0 Å². The van der Waals surface area contributed by atoms with E-state index in [1.165, 1.54) is 11.8 Å².